The molecule has 0 radical (unpaired) electrons. The molecule has 1 aromatic rings. The molecule has 4 unspecified atom stereocenters. The zero-order valence-corrected chi connectivity index (χ0v) is 10.7. The average Bonchev–Trinajstić information content (AvgIpc) is 2.87. The SMILES string of the molecule is CN1C2CCC1C(c1cccs1)C(C(=O)O)C2. The van der Waals surface area contributed by atoms with Crippen LogP contribution in [0.3, 0.4) is 0 Å². The number of fused-ring (bicyclic) bond motifs is 2. The number of carbonyl (C=O) groups is 1. The van der Waals surface area contributed by atoms with Crippen molar-refractivity contribution in [2.24, 2.45) is 5.92 Å². The molecule has 0 spiro atoms. The van der Waals surface area contributed by atoms with E-state index in [4.69, 9.17) is 0 Å². The van der Waals surface area contributed by atoms with Crippen LogP contribution in [0.25, 0.3) is 0 Å². The number of likely N-dealkylation sites (N-methyl/N-ethyl adjacent to an activating group) is 1. The fourth-order valence-electron chi connectivity index (χ4n) is 3.59. The van der Waals surface area contributed by atoms with Crippen LogP contribution < -0.4 is 0 Å². The monoisotopic (exact) mass is 251 g/mol. The highest BCUT2D eigenvalue weighted by Gasteiger charge is 2.48. The molecular weight excluding hydrogens is 234 g/mol. The summed E-state index contributed by atoms with van der Waals surface area (Å²) < 4.78 is 0. The lowest BCUT2D eigenvalue weighted by atomic mass is 9.79. The molecule has 3 heterocycles. The Balaban J connectivity index is 1.98. The third-order valence-corrected chi connectivity index (χ3v) is 5.43. The normalized spacial score (nSPS) is 37.2. The fourth-order valence-corrected chi connectivity index (χ4v) is 4.54. The number of piperidine rings is 1. The predicted octanol–water partition coefficient (Wildman–Crippen LogP) is 2.40. The summed E-state index contributed by atoms with van der Waals surface area (Å²) >= 11 is 1.70. The molecule has 0 aliphatic carbocycles. The van der Waals surface area contributed by atoms with E-state index in [1.807, 2.05) is 6.07 Å². The second-order valence-corrected chi connectivity index (χ2v) is 6.16. The maximum atomic E-state index is 11.5. The van der Waals surface area contributed by atoms with Crippen molar-refractivity contribution >= 4 is 17.3 Å². The van der Waals surface area contributed by atoms with Crippen LogP contribution in [0.15, 0.2) is 17.5 Å². The molecule has 0 amide bonds. The highest BCUT2D eigenvalue weighted by atomic mass is 32.1. The van der Waals surface area contributed by atoms with Crippen molar-refractivity contribution in [1.82, 2.24) is 4.90 Å². The lowest BCUT2D eigenvalue weighted by Crippen LogP contribution is -2.47. The summed E-state index contributed by atoms with van der Waals surface area (Å²) in [6.07, 6.45) is 3.12. The van der Waals surface area contributed by atoms with E-state index in [1.165, 1.54) is 4.88 Å². The molecule has 2 aliphatic heterocycles. The van der Waals surface area contributed by atoms with Crippen LogP contribution >= 0.6 is 11.3 Å². The van der Waals surface area contributed by atoms with Crippen molar-refractivity contribution in [2.45, 2.75) is 37.3 Å². The Hall–Kier alpha value is -0.870. The van der Waals surface area contributed by atoms with E-state index in [-0.39, 0.29) is 11.8 Å². The molecule has 1 N–H and O–H groups in total. The number of nitrogens with zero attached hydrogens (tertiary/aromatic N) is 1. The van der Waals surface area contributed by atoms with Gasteiger partial charge in [-0.2, -0.15) is 0 Å². The van der Waals surface area contributed by atoms with E-state index in [1.54, 1.807) is 11.3 Å². The van der Waals surface area contributed by atoms with E-state index in [0.29, 0.717) is 12.1 Å². The number of carboxylic acid groups (broad SMARTS) is 1. The number of aliphatic carboxylic acids is 1. The molecule has 1 aromatic heterocycles. The van der Waals surface area contributed by atoms with Gasteiger partial charge in [0, 0.05) is 22.9 Å². The van der Waals surface area contributed by atoms with Gasteiger partial charge in [0.2, 0.25) is 0 Å². The molecular formula is C13H17NO2S. The van der Waals surface area contributed by atoms with Gasteiger partial charge in [0.15, 0.2) is 0 Å². The molecule has 4 heteroatoms. The topological polar surface area (TPSA) is 40.5 Å². The number of thiophene rings is 1. The Morgan fingerprint density at radius 3 is 3.00 bits per heavy atom. The molecule has 2 fully saturated rings. The summed E-state index contributed by atoms with van der Waals surface area (Å²) in [5, 5.41) is 11.5. The predicted molar refractivity (Wildman–Crippen MR) is 67.4 cm³/mol. The van der Waals surface area contributed by atoms with E-state index >= 15 is 0 Å². The van der Waals surface area contributed by atoms with Crippen molar-refractivity contribution in [2.75, 3.05) is 7.05 Å². The first-order valence-electron chi connectivity index (χ1n) is 6.16. The highest BCUT2D eigenvalue weighted by molar-refractivity contribution is 7.10. The Bertz CT molecular complexity index is 417. The average molecular weight is 251 g/mol. The molecule has 2 saturated heterocycles. The molecule has 17 heavy (non-hydrogen) atoms. The van der Waals surface area contributed by atoms with Gasteiger partial charge in [-0.15, -0.1) is 11.3 Å². The number of hydrogen-bond donors (Lipinski definition) is 1. The van der Waals surface area contributed by atoms with E-state index in [0.717, 1.165) is 19.3 Å². The van der Waals surface area contributed by atoms with Gasteiger partial charge in [-0.3, -0.25) is 9.69 Å². The number of carboxylic acids is 1. The third-order valence-electron chi connectivity index (χ3n) is 4.46. The van der Waals surface area contributed by atoms with Crippen LogP contribution in [-0.4, -0.2) is 35.1 Å². The van der Waals surface area contributed by atoms with Gasteiger partial charge in [-0.25, -0.2) is 0 Å². The lowest BCUT2D eigenvalue weighted by molar-refractivity contribution is -0.145. The summed E-state index contributed by atoms with van der Waals surface area (Å²) in [4.78, 5) is 15.1. The molecule has 0 aromatic carbocycles. The zero-order valence-electron chi connectivity index (χ0n) is 9.87. The Morgan fingerprint density at radius 2 is 2.35 bits per heavy atom. The van der Waals surface area contributed by atoms with Crippen LogP contribution in [0.5, 0.6) is 0 Å². The van der Waals surface area contributed by atoms with Gasteiger partial charge in [-0.05, 0) is 37.8 Å². The first-order valence-corrected chi connectivity index (χ1v) is 7.04. The number of hydrogen-bond acceptors (Lipinski definition) is 3. The van der Waals surface area contributed by atoms with Crippen LogP contribution in [-0.2, 0) is 4.79 Å². The quantitative estimate of drug-likeness (QED) is 0.877. The van der Waals surface area contributed by atoms with Gasteiger partial charge in [-0.1, -0.05) is 6.07 Å². The molecule has 2 bridgehead atoms. The van der Waals surface area contributed by atoms with Crippen LogP contribution in [0.4, 0.5) is 0 Å². The van der Waals surface area contributed by atoms with Crippen LogP contribution in [0.2, 0.25) is 0 Å². The summed E-state index contributed by atoms with van der Waals surface area (Å²) in [5.74, 6) is -0.619. The highest BCUT2D eigenvalue weighted by Crippen LogP contribution is 2.47. The number of rotatable bonds is 2. The summed E-state index contributed by atoms with van der Waals surface area (Å²) in [7, 11) is 2.15. The molecule has 3 rings (SSSR count). The first kappa shape index (κ1) is 11.2. The Morgan fingerprint density at radius 1 is 1.53 bits per heavy atom. The van der Waals surface area contributed by atoms with E-state index < -0.39 is 5.97 Å². The summed E-state index contributed by atoms with van der Waals surface area (Å²) in [6, 6.07) is 5.03. The largest absolute Gasteiger partial charge is 0.481 e. The van der Waals surface area contributed by atoms with Gasteiger partial charge in [0.05, 0.1) is 5.92 Å². The van der Waals surface area contributed by atoms with Crippen LogP contribution in [0, 0.1) is 5.92 Å². The third kappa shape index (κ3) is 1.70. The Labute approximate surface area is 105 Å². The van der Waals surface area contributed by atoms with Gasteiger partial charge in [0.25, 0.3) is 0 Å². The lowest BCUT2D eigenvalue weighted by Gasteiger charge is -2.41. The smallest absolute Gasteiger partial charge is 0.307 e. The van der Waals surface area contributed by atoms with Gasteiger partial charge in [0.1, 0.15) is 0 Å². The van der Waals surface area contributed by atoms with Crippen LogP contribution in [0.1, 0.15) is 30.1 Å². The van der Waals surface area contributed by atoms with E-state index in [2.05, 4.69) is 23.4 Å². The standard InChI is InChI=1S/C13H17NO2S/c1-14-8-4-5-10(14)12(9(7-8)13(15)16)11-3-2-6-17-11/h2-3,6,8-10,12H,4-5,7H2,1H3,(H,15,16). The second-order valence-electron chi connectivity index (χ2n) is 5.19. The summed E-state index contributed by atoms with van der Waals surface area (Å²) in [6.45, 7) is 0. The molecule has 4 atom stereocenters. The summed E-state index contributed by atoms with van der Waals surface area (Å²) in [5.41, 5.74) is 0. The van der Waals surface area contributed by atoms with Gasteiger partial charge >= 0.3 is 5.97 Å². The molecule has 0 saturated carbocycles. The minimum atomic E-state index is -0.617. The maximum absolute atomic E-state index is 11.5. The zero-order chi connectivity index (χ0) is 12.0. The minimum absolute atomic E-state index is 0.191. The van der Waals surface area contributed by atoms with Crippen molar-refractivity contribution in [1.29, 1.82) is 0 Å². The van der Waals surface area contributed by atoms with E-state index in [9.17, 15) is 9.90 Å². The van der Waals surface area contributed by atoms with Crippen molar-refractivity contribution in [3.8, 4) is 0 Å². The molecule has 2 aliphatic rings. The van der Waals surface area contributed by atoms with Crippen molar-refractivity contribution < 1.29 is 9.90 Å². The molecule has 3 nitrogen and oxygen atoms in total. The minimum Gasteiger partial charge on any atom is -0.481 e. The maximum Gasteiger partial charge on any atom is 0.307 e. The van der Waals surface area contributed by atoms with Crippen molar-refractivity contribution in [3.63, 3.8) is 0 Å². The van der Waals surface area contributed by atoms with Crippen molar-refractivity contribution in [3.05, 3.63) is 22.4 Å². The fraction of sp³-hybridized carbons (Fsp3) is 0.615. The molecule has 92 valence electrons. The second kappa shape index (κ2) is 4.10. The van der Waals surface area contributed by atoms with Gasteiger partial charge < -0.3 is 5.11 Å². The Kier molecular flexibility index (Phi) is 2.71. The first-order chi connectivity index (χ1) is 8.18.